The van der Waals surface area contributed by atoms with E-state index in [0.717, 1.165) is 22.3 Å². The first-order chi connectivity index (χ1) is 11.3. The minimum Gasteiger partial charge on any atom is -0.338 e. The van der Waals surface area contributed by atoms with Gasteiger partial charge in [0.25, 0.3) is 0 Å². The summed E-state index contributed by atoms with van der Waals surface area (Å²) in [6, 6.07) is 15.6. The van der Waals surface area contributed by atoms with Crippen LogP contribution < -0.4 is 0 Å². The van der Waals surface area contributed by atoms with Crippen LogP contribution in [0.1, 0.15) is 36.7 Å². The zero-order valence-corrected chi connectivity index (χ0v) is 15.3. The molecule has 0 radical (unpaired) electrons. The van der Waals surface area contributed by atoms with Crippen LogP contribution in [-0.2, 0) is 0 Å². The van der Waals surface area contributed by atoms with E-state index in [-0.39, 0.29) is 12.1 Å². The van der Waals surface area contributed by atoms with E-state index in [0.29, 0.717) is 6.04 Å². The molecule has 0 bridgehead atoms. The summed E-state index contributed by atoms with van der Waals surface area (Å²) in [5, 5.41) is 1.18. The number of amidine groups is 1. The van der Waals surface area contributed by atoms with Crippen molar-refractivity contribution >= 4 is 32.9 Å². The van der Waals surface area contributed by atoms with E-state index in [1.165, 1.54) is 10.7 Å². The van der Waals surface area contributed by atoms with Gasteiger partial charge >= 0.3 is 0 Å². The van der Waals surface area contributed by atoms with Crippen LogP contribution in [0.15, 0.2) is 58.1 Å². The lowest BCUT2D eigenvalue weighted by atomic mass is 9.95. The van der Waals surface area contributed by atoms with Crippen LogP contribution in [0.2, 0.25) is 0 Å². The minimum absolute atomic E-state index is 0.0780. The summed E-state index contributed by atoms with van der Waals surface area (Å²) in [6.45, 7) is 2.26. The quantitative estimate of drug-likeness (QED) is 0.755. The SMILES string of the molecule is CC[C@@H]1CSC2=N[C@H](c3ccccn3)[C@@H](c3ccc(Br)cc3)N21. The third-order valence-corrected chi connectivity index (χ3v) is 6.20. The summed E-state index contributed by atoms with van der Waals surface area (Å²) in [4.78, 5) is 12.1. The first-order valence-electron chi connectivity index (χ1n) is 7.93. The lowest BCUT2D eigenvalue weighted by Gasteiger charge is -2.31. The van der Waals surface area contributed by atoms with Gasteiger partial charge < -0.3 is 4.90 Å². The largest absolute Gasteiger partial charge is 0.338 e. The number of aromatic nitrogens is 1. The summed E-state index contributed by atoms with van der Waals surface area (Å²) in [7, 11) is 0. The third-order valence-electron chi connectivity index (χ3n) is 4.54. The number of benzene rings is 1. The van der Waals surface area contributed by atoms with Gasteiger partial charge in [0, 0.05) is 22.5 Å². The highest BCUT2D eigenvalue weighted by Gasteiger charge is 2.45. The molecule has 1 aromatic heterocycles. The molecular weight excluding hydrogens is 370 g/mol. The number of pyridine rings is 1. The lowest BCUT2D eigenvalue weighted by Crippen LogP contribution is -2.35. The summed E-state index contributed by atoms with van der Waals surface area (Å²) >= 11 is 5.42. The molecule has 0 saturated carbocycles. The van der Waals surface area contributed by atoms with Gasteiger partial charge in [-0.15, -0.1) is 0 Å². The van der Waals surface area contributed by atoms with Crippen molar-refractivity contribution in [3.63, 3.8) is 0 Å². The van der Waals surface area contributed by atoms with E-state index >= 15 is 0 Å². The average Bonchev–Trinajstić information content (AvgIpc) is 3.15. The van der Waals surface area contributed by atoms with Gasteiger partial charge in [0.15, 0.2) is 5.17 Å². The maximum absolute atomic E-state index is 5.03. The first kappa shape index (κ1) is 15.2. The van der Waals surface area contributed by atoms with Gasteiger partial charge in [-0.05, 0) is 36.2 Å². The van der Waals surface area contributed by atoms with Gasteiger partial charge in [-0.3, -0.25) is 9.98 Å². The summed E-state index contributed by atoms with van der Waals surface area (Å²) in [5.41, 5.74) is 2.36. The van der Waals surface area contributed by atoms with E-state index in [4.69, 9.17) is 4.99 Å². The Hall–Kier alpha value is -1.33. The molecule has 3 atom stereocenters. The fourth-order valence-electron chi connectivity index (χ4n) is 3.37. The zero-order chi connectivity index (χ0) is 15.8. The first-order valence-corrected chi connectivity index (χ1v) is 9.71. The highest BCUT2D eigenvalue weighted by atomic mass is 79.9. The molecule has 0 N–H and O–H groups in total. The van der Waals surface area contributed by atoms with Gasteiger partial charge in [-0.25, -0.2) is 0 Å². The fraction of sp³-hybridized carbons (Fsp3) is 0.333. The normalized spacial score (nSPS) is 26.3. The molecule has 118 valence electrons. The third kappa shape index (κ3) is 2.70. The number of hydrogen-bond donors (Lipinski definition) is 0. The van der Waals surface area contributed by atoms with Gasteiger partial charge in [0.2, 0.25) is 0 Å². The molecule has 4 rings (SSSR count). The van der Waals surface area contributed by atoms with Crippen molar-refractivity contribution in [1.29, 1.82) is 0 Å². The molecule has 2 aliphatic rings. The van der Waals surface area contributed by atoms with Gasteiger partial charge in [0.1, 0.15) is 6.04 Å². The number of fused-ring (bicyclic) bond motifs is 1. The number of aliphatic imine (C=N–C) groups is 1. The van der Waals surface area contributed by atoms with Gasteiger partial charge in [-0.1, -0.05) is 52.8 Å². The van der Waals surface area contributed by atoms with Crippen molar-refractivity contribution < 1.29 is 0 Å². The van der Waals surface area contributed by atoms with E-state index in [1.807, 2.05) is 24.0 Å². The van der Waals surface area contributed by atoms with Crippen molar-refractivity contribution in [3.05, 3.63) is 64.4 Å². The lowest BCUT2D eigenvalue weighted by molar-refractivity contribution is 0.255. The molecule has 2 aromatic rings. The maximum atomic E-state index is 5.03. The smallest absolute Gasteiger partial charge is 0.160 e. The number of hydrogen-bond acceptors (Lipinski definition) is 4. The second kappa shape index (κ2) is 6.29. The Bertz CT molecular complexity index is 717. The summed E-state index contributed by atoms with van der Waals surface area (Å²) < 4.78 is 1.11. The minimum atomic E-state index is 0.0780. The van der Waals surface area contributed by atoms with Crippen LogP contribution in [0, 0.1) is 0 Å². The fourth-order valence-corrected chi connectivity index (χ4v) is 4.97. The molecule has 23 heavy (non-hydrogen) atoms. The average molecular weight is 388 g/mol. The molecule has 1 saturated heterocycles. The van der Waals surface area contributed by atoms with Crippen molar-refractivity contribution in [2.45, 2.75) is 31.5 Å². The summed E-state index contributed by atoms with van der Waals surface area (Å²) in [6.07, 6.45) is 3.01. The van der Waals surface area contributed by atoms with Crippen LogP contribution in [-0.4, -0.2) is 26.8 Å². The van der Waals surface area contributed by atoms with Crippen LogP contribution in [0.3, 0.4) is 0 Å². The Labute approximate surface area is 149 Å². The van der Waals surface area contributed by atoms with Crippen molar-refractivity contribution in [1.82, 2.24) is 9.88 Å². The summed E-state index contributed by atoms with van der Waals surface area (Å²) in [5.74, 6) is 1.14. The zero-order valence-electron chi connectivity index (χ0n) is 12.9. The molecule has 5 heteroatoms. The predicted molar refractivity (Wildman–Crippen MR) is 99.7 cm³/mol. The number of nitrogens with zero attached hydrogens (tertiary/aromatic N) is 3. The Balaban J connectivity index is 1.78. The highest BCUT2D eigenvalue weighted by Crippen LogP contribution is 2.48. The monoisotopic (exact) mass is 387 g/mol. The van der Waals surface area contributed by atoms with E-state index < -0.39 is 0 Å². The molecule has 2 aliphatic heterocycles. The number of rotatable bonds is 3. The second-order valence-corrected chi connectivity index (χ2v) is 7.79. The molecule has 0 amide bonds. The predicted octanol–water partition coefficient (Wildman–Crippen LogP) is 4.82. The standard InChI is InChI=1S/C18H18BrN3S/c1-2-14-11-23-18-21-16(15-5-3-4-10-20-15)17(22(14)18)12-6-8-13(19)9-7-12/h3-10,14,16-17H,2,11H2,1H3/t14-,16-,17-/m1/s1. The number of halogens is 1. The van der Waals surface area contributed by atoms with Crippen LogP contribution in [0.5, 0.6) is 0 Å². The Morgan fingerprint density at radius 1 is 1.22 bits per heavy atom. The molecule has 0 unspecified atom stereocenters. The Morgan fingerprint density at radius 3 is 2.74 bits per heavy atom. The van der Waals surface area contributed by atoms with Crippen LogP contribution >= 0.6 is 27.7 Å². The highest BCUT2D eigenvalue weighted by molar-refractivity contribution is 9.10. The molecule has 1 aromatic carbocycles. The second-order valence-electron chi connectivity index (χ2n) is 5.89. The molecule has 0 aliphatic carbocycles. The van der Waals surface area contributed by atoms with Crippen LogP contribution in [0.25, 0.3) is 0 Å². The van der Waals surface area contributed by atoms with Crippen molar-refractivity contribution in [2.24, 2.45) is 4.99 Å². The van der Waals surface area contributed by atoms with Crippen molar-refractivity contribution in [2.75, 3.05) is 5.75 Å². The van der Waals surface area contributed by atoms with E-state index in [2.05, 4.69) is 69.1 Å². The Morgan fingerprint density at radius 2 is 2.04 bits per heavy atom. The van der Waals surface area contributed by atoms with Gasteiger partial charge in [0.05, 0.1) is 11.7 Å². The van der Waals surface area contributed by atoms with E-state index in [9.17, 15) is 0 Å². The van der Waals surface area contributed by atoms with Crippen LogP contribution in [0.4, 0.5) is 0 Å². The van der Waals surface area contributed by atoms with E-state index in [1.54, 1.807) is 0 Å². The topological polar surface area (TPSA) is 28.5 Å². The Kier molecular flexibility index (Phi) is 4.16. The van der Waals surface area contributed by atoms with Crippen molar-refractivity contribution in [3.8, 4) is 0 Å². The molecule has 3 heterocycles. The molecule has 0 spiro atoms. The number of thioether (sulfide) groups is 1. The van der Waals surface area contributed by atoms with Gasteiger partial charge in [-0.2, -0.15) is 0 Å². The molecule has 1 fully saturated rings. The molecular formula is C18H18BrN3S. The molecule has 3 nitrogen and oxygen atoms in total. The maximum Gasteiger partial charge on any atom is 0.160 e.